The molecule has 7 nitrogen and oxygen atoms in total. The molecule has 7 heteroatoms. The van der Waals surface area contributed by atoms with Gasteiger partial charge in [-0.15, -0.1) is 0 Å². The van der Waals surface area contributed by atoms with Crippen molar-refractivity contribution in [1.29, 1.82) is 0 Å². The third-order valence-electron chi connectivity index (χ3n) is 5.00. The summed E-state index contributed by atoms with van der Waals surface area (Å²) in [6.45, 7) is 0. The van der Waals surface area contributed by atoms with Crippen LogP contribution in [-0.4, -0.2) is 20.4 Å². The van der Waals surface area contributed by atoms with Crippen LogP contribution in [0.4, 0.5) is 17.1 Å². The monoisotopic (exact) mass is 365 g/mol. The van der Waals surface area contributed by atoms with Gasteiger partial charge in [0, 0.05) is 16.5 Å². The zero-order chi connectivity index (χ0) is 18.5. The molecular formula is C21H15N7. The second-order valence-electron chi connectivity index (χ2n) is 6.64. The van der Waals surface area contributed by atoms with E-state index in [0.717, 1.165) is 50.1 Å². The third kappa shape index (κ3) is 2.13. The first-order valence-corrected chi connectivity index (χ1v) is 8.98. The number of benzene rings is 3. The minimum absolute atomic E-state index is 0.829. The minimum Gasteiger partial charge on any atom is -0.277 e. The van der Waals surface area contributed by atoms with Gasteiger partial charge in [-0.25, -0.2) is 0 Å². The fourth-order valence-electron chi connectivity index (χ4n) is 3.72. The molecule has 0 atom stereocenters. The van der Waals surface area contributed by atoms with Gasteiger partial charge in [0.2, 0.25) is 0 Å². The van der Waals surface area contributed by atoms with Crippen molar-refractivity contribution in [2.45, 2.75) is 0 Å². The number of nitrogens with one attached hydrogen (secondary N) is 3. The van der Waals surface area contributed by atoms with Crippen LogP contribution in [0.1, 0.15) is 0 Å². The van der Waals surface area contributed by atoms with E-state index in [0.29, 0.717) is 0 Å². The lowest BCUT2D eigenvalue weighted by atomic mass is 9.98. The average Bonchev–Trinajstić information content (AvgIpc) is 3.39. The van der Waals surface area contributed by atoms with E-state index in [9.17, 15) is 0 Å². The number of aromatic amines is 1. The van der Waals surface area contributed by atoms with Crippen LogP contribution in [0.2, 0.25) is 0 Å². The molecule has 0 saturated carbocycles. The van der Waals surface area contributed by atoms with Crippen molar-refractivity contribution in [3.05, 3.63) is 72.9 Å². The largest absolute Gasteiger partial charge is 0.277 e. The van der Waals surface area contributed by atoms with Crippen LogP contribution in [0.3, 0.4) is 0 Å². The van der Waals surface area contributed by atoms with Crippen molar-refractivity contribution in [3.8, 4) is 11.1 Å². The molecule has 0 aliphatic carbocycles. The summed E-state index contributed by atoms with van der Waals surface area (Å²) < 4.78 is 0. The van der Waals surface area contributed by atoms with E-state index in [1.165, 1.54) is 0 Å². The van der Waals surface area contributed by atoms with Gasteiger partial charge in [0.15, 0.2) is 0 Å². The molecular weight excluding hydrogens is 350 g/mol. The summed E-state index contributed by atoms with van der Waals surface area (Å²) in [6.07, 6.45) is 1.88. The van der Waals surface area contributed by atoms with Crippen LogP contribution in [0.15, 0.2) is 72.9 Å². The Labute approximate surface area is 160 Å². The topological polar surface area (TPSA) is 81.8 Å². The second-order valence-corrected chi connectivity index (χ2v) is 6.64. The molecule has 0 radical (unpaired) electrons. The van der Waals surface area contributed by atoms with Gasteiger partial charge in [-0.3, -0.25) is 15.8 Å². The van der Waals surface area contributed by atoms with Gasteiger partial charge in [-0.2, -0.15) is 20.5 Å². The molecule has 1 aliphatic heterocycles. The summed E-state index contributed by atoms with van der Waals surface area (Å²) in [7, 11) is 0. The summed E-state index contributed by atoms with van der Waals surface area (Å²) in [4.78, 5) is 4.68. The molecule has 3 heterocycles. The van der Waals surface area contributed by atoms with E-state index in [-0.39, 0.29) is 0 Å². The Morgan fingerprint density at radius 2 is 1.46 bits per heavy atom. The molecule has 5 aromatic rings. The molecule has 0 unspecified atom stereocenters. The fourth-order valence-corrected chi connectivity index (χ4v) is 3.72. The van der Waals surface area contributed by atoms with E-state index < -0.39 is 0 Å². The first-order chi connectivity index (χ1) is 13.9. The SMILES string of the molecule is c1ccc2c(c1)NN(c1cnc3ccccc3c1-c1cccc3n[nH]nc13)N2. The Hall–Kier alpha value is -4.13. The molecule has 3 N–H and O–H groups in total. The molecule has 28 heavy (non-hydrogen) atoms. The summed E-state index contributed by atoms with van der Waals surface area (Å²) >= 11 is 0. The number of fused-ring (bicyclic) bond motifs is 3. The van der Waals surface area contributed by atoms with Gasteiger partial charge >= 0.3 is 0 Å². The standard InChI is InChI=1S/C21H15N7/c1-2-8-15-13(6-1)20(14-7-5-11-18-21(14)24-27-23-18)19(12-22-15)28-25-16-9-3-4-10-17(16)26-28/h1-12,25-26H,(H,23,24,27). The summed E-state index contributed by atoms with van der Waals surface area (Å²) in [6, 6.07) is 22.2. The van der Waals surface area contributed by atoms with Gasteiger partial charge in [0.1, 0.15) is 16.7 Å². The Kier molecular flexibility index (Phi) is 3.04. The van der Waals surface area contributed by atoms with Crippen molar-refractivity contribution in [2.24, 2.45) is 0 Å². The van der Waals surface area contributed by atoms with E-state index in [2.05, 4.69) is 43.4 Å². The van der Waals surface area contributed by atoms with Crippen molar-refractivity contribution in [3.63, 3.8) is 0 Å². The highest BCUT2D eigenvalue weighted by atomic mass is 15.8. The maximum Gasteiger partial charge on any atom is 0.120 e. The van der Waals surface area contributed by atoms with Crippen molar-refractivity contribution < 1.29 is 0 Å². The molecule has 0 spiro atoms. The highest BCUT2D eigenvalue weighted by Gasteiger charge is 2.24. The zero-order valence-corrected chi connectivity index (χ0v) is 14.7. The van der Waals surface area contributed by atoms with Gasteiger partial charge < -0.3 is 0 Å². The Morgan fingerprint density at radius 3 is 2.32 bits per heavy atom. The number of anilines is 3. The molecule has 1 aliphatic rings. The zero-order valence-electron chi connectivity index (χ0n) is 14.7. The highest BCUT2D eigenvalue weighted by molar-refractivity contribution is 6.07. The molecule has 0 bridgehead atoms. The maximum absolute atomic E-state index is 4.68. The minimum atomic E-state index is 0.829. The van der Waals surface area contributed by atoms with E-state index >= 15 is 0 Å². The molecule has 0 saturated heterocycles. The smallest absolute Gasteiger partial charge is 0.120 e. The number of nitrogens with zero attached hydrogens (tertiary/aromatic N) is 4. The Bertz CT molecular complexity index is 1320. The molecule has 134 valence electrons. The van der Waals surface area contributed by atoms with Crippen LogP contribution >= 0.6 is 0 Å². The molecule has 3 aromatic carbocycles. The van der Waals surface area contributed by atoms with E-state index in [1.807, 2.05) is 65.9 Å². The summed E-state index contributed by atoms with van der Waals surface area (Å²) in [5, 5.41) is 14.3. The molecule has 0 fully saturated rings. The number of H-pyrrole nitrogens is 1. The van der Waals surface area contributed by atoms with Crippen LogP contribution < -0.4 is 16.0 Å². The van der Waals surface area contributed by atoms with Crippen LogP contribution in [0.25, 0.3) is 33.1 Å². The predicted molar refractivity (Wildman–Crippen MR) is 111 cm³/mol. The van der Waals surface area contributed by atoms with Crippen LogP contribution in [-0.2, 0) is 0 Å². The summed E-state index contributed by atoms with van der Waals surface area (Å²) in [5.41, 5.74) is 14.4. The third-order valence-corrected chi connectivity index (χ3v) is 5.00. The number of aromatic nitrogens is 4. The van der Waals surface area contributed by atoms with Gasteiger partial charge in [-0.1, -0.05) is 42.5 Å². The number of hydrogen-bond acceptors (Lipinski definition) is 6. The lowest BCUT2D eigenvalue weighted by Crippen LogP contribution is -2.30. The summed E-state index contributed by atoms with van der Waals surface area (Å²) in [5.74, 6) is 0. The Balaban J connectivity index is 1.63. The first kappa shape index (κ1) is 15.0. The number of hydrogen-bond donors (Lipinski definition) is 3. The van der Waals surface area contributed by atoms with Crippen molar-refractivity contribution >= 4 is 39.0 Å². The molecule has 6 rings (SSSR count). The second kappa shape index (κ2) is 5.68. The van der Waals surface area contributed by atoms with Crippen LogP contribution in [0.5, 0.6) is 0 Å². The van der Waals surface area contributed by atoms with E-state index in [4.69, 9.17) is 0 Å². The number of para-hydroxylation sites is 4. The van der Waals surface area contributed by atoms with Crippen molar-refractivity contribution in [2.75, 3.05) is 16.0 Å². The van der Waals surface area contributed by atoms with Gasteiger partial charge in [0.05, 0.1) is 23.1 Å². The van der Waals surface area contributed by atoms with Gasteiger partial charge in [-0.05, 0) is 24.3 Å². The first-order valence-electron chi connectivity index (χ1n) is 8.98. The quantitative estimate of drug-likeness (QED) is 0.432. The molecule has 2 aromatic heterocycles. The van der Waals surface area contributed by atoms with Crippen LogP contribution in [0, 0.1) is 0 Å². The van der Waals surface area contributed by atoms with Crippen molar-refractivity contribution in [1.82, 2.24) is 20.4 Å². The lowest BCUT2D eigenvalue weighted by molar-refractivity contribution is 0.959. The average molecular weight is 365 g/mol. The highest BCUT2D eigenvalue weighted by Crippen LogP contribution is 2.41. The maximum atomic E-state index is 4.68. The van der Waals surface area contributed by atoms with E-state index in [1.54, 1.807) is 0 Å². The lowest BCUT2D eigenvalue weighted by Gasteiger charge is -2.23. The number of rotatable bonds is 2. The normalized spacial score (nSPS) is 12.8. The predicted octanol–water partition coefficient (Wildman–Crippen LogP) is 4.35. The number of hydrazine groups is 2. The number of pyridine rings is 1. The Morgan fingerprint density at radius 1 is 0.714 bits per heavy atom. The fraction of sp³-hybridized carbons (Fsp3) is 0. The van der Waals surface area contributed by atoms with Gasteiger partial charge in [0.25, 0.3) is 0 Å². The molecule has 0 amide bonds.